The van der Waals surface area contributed by atoms with Gasteiger partial charge in [-0.05, 0) is 34.7 Å². The maximum atomic E-state index is 12.0. The van der Waals surface area contributed by atoms with E-state index >= 15 is 0 Å². The van der Waals surface area contributed by atoms with E-state index in [2.05, 4.69) is 43.4 Å². The molecule has 0 aromatic heterocycles. The quantitative estimate of drug-likeness (QED) is 0.811. The molecule has 3 heteroatoms. The van der Waals surface area contributed by atoms with Gasteiger partial charge in [-0.15, -0.1) is 11.6 Å². The van der Waals surface area contributed by atoms with Crippen LogP contribution in [0.5, 0.6) is 0 Å². The first kappa shape index (κ1) is 15.6. The Hall–Kier alpha value is -1.80. The molecule has 2 aromatic carbocycles. The van der Waals surface area contributed by atoms with Gasteiger partial charge >= 0.3 is 0 Å². The molecule has 0 radical (unpaired) electrons. The minimum atomic E-state index is -0.0657. The monoisotopic (exact) mass is 301 g/mol. The molecule has 110 valence electrons. The minimum Gasteiger partial charge on any atom is -0.348 e. The predicted octanol–water partition coefficient (Wildman–Crippen LogP) is 4.48. The highest BCUT2D eigenvalue weighted by Crippen LogP contribution is 2.14. The normalized spacial score (nSPS) is 10.7. The number of nitrogens with one attached hydrogen (secondary N) is 1. The van der Waals surface area contributed by atoms with E-state index in [-0.39, 0.29) is 5.91 Å². The summed E-state index contributed by atoms with van der Waals surface area (Å²) >= 11 is 5.73. The zero-order chi connectivity index (χ0) is 15.2. The highest BCUT2D eigenvalue weighted by atomic mass is 35.5. The number of hydrogen-bond donors (Lipinski definition) is 1. The second-order valence-electron chi connectivity index (χ2n) is 5.41. The van der Waals surface area contributed by atoms with Crippen LogP contribution in [0.1, 0.15) is 46.8 Å². The van der Waals surface area contributed by atoms with E-state index in [1.54, 1.807) is 12.1 Å². The summed E-state index contributed by atoms with van der Waals surface area (Å²) in [4.78, 5) is 12.0. The SMILES string of the molecule is CC(C)c1ccc(CNC(=O)c2ccc(CCl)cc2)cc1. The predicted molar refractivity (Wildman–Crippen MR) is 87.7 cm³/mol. The lowest BCUT2D eigenvalue weighted by Crippen LogP contribution is -2.22. The van der Waals surface area contributed by atoms with Crippen LogP contribution in [0.4, 0.5) is 0 Å². The molecule has 0 fully saturated rings. The number of alkyl halides is 1. The van der Waals surface area contributed by atoms with Crippen molar-refractivity contribution >= 4 is 17.5 Å². The Kier molecular flexibility index (Phi) is 5.40. The summed E-state index contributed by atoms with van der Waals surface area (Å²) in [5.41, 5.74) is 4.08. The molecule has 21 heavy (non-hydrogen) atoms. The Bertz CT molecular complexity index is 588. The number of halogens is 1. The summed E-state index contributed by atoms with van der Waals surface area (Å²) in [5.74, 6) is 0.919. The molecule has 2 aromatic rings. The first-order valence-electron chi connectivity index (χ1n) is 7.12. The average molecular weight is 302 g/mol. The molecule has 2 rings (SSSR count). The molecule has 0 saturated heterocycles. The molecule has 0 atom stereocenters. The van der Waals surface area contributed by atoms with Crippen LogP contribution in [0.15, 0.2) is 48.5 Å². The van der Waals surface area contributed by atoms with E-state index in [0.717, 1.165) is 11.1 Å². The van der Waals surface area contributed by atoms with Crippen molar-refractivity contribution < 1.29 is 4.79 Å². The Morgan fingerprint density at radius 2 is 1.57 bits per heavy atom. The van der Waals surface area contributed by atoms with E-state index in [9.17, 15) is 4.79 Å². The van der Waals surface area contributed by atoms with Gasteiger partial charge in [0.05, 0.1) is 0 Å². The number of hydrogen-bond acceptors (Lipinski definition) is 1. The summed E-state index contributed by atoms with van der Waals surface area (Å²) in [5, 5.41) is 2.93. The van der Waals surface area contributed by atoms with Crippen LogP contribution in [0.3, 0.4) is 0 Å². The largest absolute Gasteiger partial charge is 0.348 e. The fourth-order valence-corrected chi connectivity index (χ4v) is 2.23. The minimum absolute atomic E-state index is 0.0657. The summed E-state index contributed by atoms with van der Waals surface area (Å²) in [7, 11) is 0. The molecule has 0 bridgehead atoms. The van der Waals surface area contributed by atoms with E-state index in [1.807, 2.05) is 12.1 Å². The first-order chi connectivity index (χ1) is 10.1. The van der Waals surface area contributed by atoms with Crippen LogP contribution in [0, 0.1) is 0 Å². The first-order valence-corrected chi connectivity index (χ1v) is 7.65. The standard InChI is InChI=1S/C18H20ClNO/c1-13(2)16-7-5-15(6-8-16)12-20-18(21)17-9-3-14(11-19)4-10-17/h3-10,13H,11-12H2,1-2H3,(H,20,21). The molecule has 0 aliphatic carbocycles. The lowest BCUT2D eigenvalue weighted by molar-refractivity contribution is 0.0951. The van der Waals surface area contributed by atoms with Gasteiger partial charge < -0.3 is 5.32 Å². The van der Waals surface area contributed by atoms with Gasteiger partial charge in [0.25, 0.3) is 5.91 Å². The molecular formula is C18H20ClNO. The highest BCUT2D eigenvalue weighted by Gasteiger charge is 2.05. The van der Waals surface area contributed by atoms with Crippen molar-refractivity contribution in [2.75, 3.05) is 0 Å². The van der Waals surface area contributed by atoms with Crippen molar-refractivity contribution in [1.29, 1.82) is 0 Å². The fourth-order valence-electron chi connectivity index (χ4n) is 2.05. The van der Waals surface area contributed by atoms with E-state index in [0.29, 0.717) is 23.9 Å². The Balaban J connectivity index is 1.93. The Labute approximate surface area is 131 Å². The van der Waals surface area contributed by atoms with Crippen LogP contribution >= 0.6 is 11.6 Å². The number of carbonyl (C=O) groups is 1. The molecule has 0 aliphatic heterocycles. The third-order valence-corrected chi connectivity index (χ3v) is 3.78. The summed E-state index contributed by atoms with van der Waals surface area (Å²) in [6, 6.07) is 15.7. The topological polar surface area (TPSA) is 29.1 Å². The zero-order valence-electron chi connectivity index (χ0n) is 12.4. The fraction of sp³-hybridized carbons (Fsp3) is 0.278. The maximum Gasteiger partial charge on any atom is 0.251 e. The second kappa shape index (κ2) is 7.28. The van der Waals surface area contributed by atoms with Gasteiger partial charge in [0, 0.05) is 18.0 Å². The lowest BCUT2D eigenvalue weighted by atomic mass is 10.0. The van der Waals surface area contributed by atoms with Crippen LogP contribution in [0.2, 0.25) is 0 Å². The van der Waals surface area contributed by atoms with Gasteiger partial charge in [0.2, 0.25) is 0 Å². The third kappa shape index (κ3) is 4.33. The van der Waals surface area contributed by atoms with Crippen molar-refractivity contribution in [2.45, 2.75) is 32.2 Å². The highest BCUT2D eigenvalue weighted by molar-refractivity contribution is 6.17. The van der Waals surface area contributed by atoms with Crippen LogP contribution in [-0.2, 0) is 12.4 Å². The molecule has 0 heterocycles. The van der Waals surface area contributed by atoms with E-state index < -0.39 is 0 Å². The average Bonchev–Trinajstić information content (AvgIpc) is 2.53. The van der Waals surface area contributed by atoms with Gasteiger partial charge in [-0.2, -0.15) is 0 Å². The Morgan fingerprint density at radius 1 is 1.00 bits per heavy atom. The van der Waals surface area contributed by atoms with Crippen molar-refractivity contribution in [3.63, 3.8) is 0 Å². The summed E-state index contributed by atoms with van der Waals surface area (Å²) in [6.07, 6.45) is 0. The van der Waals surface area contributed by atoms with Crippen molar-refractivity contribution in [3.05, 3.63) is 70.8 Å². The van der Waals surface area contributed by atoms with Crippen molar-refractivity contribution in [1.82, 2.24) is 5.32 Å². The molecule has 1 N–H and O–H groups in total. The van der Waals surface area contributed by atoms with Gasteiger partial charge in [-0.1, -0.05) is 50.2 Å². The van der Waals surface area contributed by atoms with Gasteiger partial charge in [-0.3, -0.25) is 4.79 Å². The van der Waals surface area contributed by atoms with Gasteiger partial charge in [-0.25, -0.2) is 0 Å². The van der Waals surface area contributed by atoms with Gasteiger partial charge in [0.15, 0.2) is 0 Å². The van der Waals surface area contributed by atoms with E-state index in [1.165, 1.54) is 5.56 Å². The van der Waals surface area contributed by atoms with Crippen LogP contribution < -0.4 is 5.32 Å². The maximum absolute atomic E-state index is 12.0. The lowest BCUT2D eigenvalue weighted by Gasteiger charge is -2.08. The number of amides is 1. The smallest absolute Gasteiger partial charge is 0.251 e. The van der Waals surface area contributed by atoms with Crippen molar-refractivity contribution in [2.24, 2.45) is 0 Å². The second-order valence-corrected chi connectivity index (χ2v) is 5.68. The Morgan fingerprint density at radius 3 is 2.10 bits per heavy atom. The van der Waals surface area contributed by atoms with Gasteiger partial charge in [0.1, 0.15) is 0 Å². The molecule has 2 nitrogen and oxygen atoms in total. The third-order valence-electron chi connectivity index (χ3n) is 3.47. The number of carbonyl (C=O) groups excluding carboxylic acids is 1. The van der Waals surface area contributed by atoms with Crippen molar-refractivity contribution in [3.8, 4) is 0 Å². The molecule has 0 aliphatic rings. The number of benzene rings is 2. The zero-order valence-corrected chi connectivity index (χ0v) is 13.2. The summed E-state index contributed by atoms with van der Waals surface area (Å²) in [6.45, 7) is 4.87. The molecule has 1 amide bonds. The van der Waals surface area contributed by atoms with Crippen LogP contribution in [0.25, 0.3) is 0 Å². The van der Waals surface area contributed by atoms with E-state index in [4.69, 9.17) is 11.6 Å². The van der Waals surface area contributed by atoms with Crippen LogP contribution in [-0.4, -0.2) is 5.91 Å². The molecule has 0 unspecified atom stereocenters. The summed E-state index contributed by atoms with van der Waals surface area (Å²) < 4.78 is 0. The molecule has 0 saturated carbocycles. The molecular weight excluding hydrogens is 282 g/mol. The molecule has 0 spiro atoms. The number of rotatable bonds is 5.